The summed E-state index contributed by atoms with van der Waals surface area (Å²) in [5, 5.41) is 3.44. The molecule has 2 atom stereocenters. The van der Waals surface area contributed by atoms with Crippen molar-refractivity contribution in [2.75, 3.05) is 6.54 Å². The predicted octanol–water partition coefficient (Wildman–Crippen LogP) is 4.51. The predicted molar refractivity (Wildman–Crippen MR) is 85.0 cm³/mol. The monoisotopic (exact) mass is 299 g/mol. The molecule has 2 nitrogen and oxygen atoms in total. The molecule has 2 saturated carbocycles. The van der Waals surface area contributed by atoms with Gasteiger partial charge in [0, 0.05) is 17.8 Å². The van der Waals surface area contributed by atoms with Crippen LogP contribution in [0.4, 0.5) is 0 Å². The molecule has 1 amide bonds. The fourth-order valence-corrected chi connectivity index (χ4v) is 4.17. The zero-order chi connectivity index (χ0) is 14.4. The Kier molecular flexibility index (Phi) is 6.67. The van der Waals surface area contributed by atoms with Gasteiger partial charge in [-0.2, -0.15) is 0 Å². The summed E-state index contributed by atoms with van der Waals surface area (Å²) in [5.41, 5.74) is 0. The molecule has 0 saturated heterocycles. The van der Waals surface area contributed by atoms with Crippen molar-refractivity contribution in [1.29, 1.82) is 0 Å². The Morgan fingerprint density at radius 1 is 1.15 bits per heavy atom. The van der Waals surface area contributed by atoms with Gasteiger partial charge >= 0.3 is 0 Å². The molecule has 0 heterocycles. The number of amides is 1. The second-order valence-corrected chi connectivity index (χ2v) is 7.37. The molecule has 0 aromatic carbocycles. The van der Waals surface area contributed by atoms with E-state index in [4.69, 9.17) is 11.6 Å². The maximum absolute atomic E-state index is 12.2. The molecular weight excluding hydrogens is 270 g/mol. The summed E-state index contributed by atoms with van der Waals surface area (Å²) >= 11 is 6.26. The average Bonchev–Trinajstić information content (AvgIpc) is 2.88. The summed E-state index contributed by atoms with van der Waals surface area (Å²) < 4.78 is 0. The number of rotatable bonds is 6. The summed E-state index contributed by atoms with van der Waals surface area (Å²) in [6.07, 6.45) is 12.2. The topological polar surface area (TPSA) is 29.1 Å². The van der Waals surface area contributed by atoms with E-state index in [-0.39, 0.29) is 17.2 Å². The Labute approximate surface area is 129 Å². The maximum Gasteiger partial charge on any atom is 0.223 e. The first kappa shape index (κ1) is 16.1. The van der Waals surface area contributed by atoms with E-state index in [9.17, 15) is 4.79 Å². The number of halogens is 1. The molecule has 2 aliphatic rings. The summed E-state index contributed by atoms with van der Waals surface area (Å²) in [6, 6.07) is 0. The second-order valence-electron chi connectivity index (χ2n) is 6.81. The van der Waals surface area contributed by atoms with Gasteiger partial charge in [-0.1, -0.05) is 32.6 Å². The van der Waals surface area contributed by atoms with Gasteiger partial charge in [0.05, 0.1) is 0 Å². The van der Waals surface area contributed by atoms with E-state index in [1.54, 1.807) is 0 Å². The lowest BCUT2D eigenvalue weighted by Gasteiger charge is -2.28. The highest BCUT2D eigenvalue weighted by atomic mass is 35.5. The molecule has 2 unspecified atom stereocenters. The third-order valence-corrected chi connectivity index (χ3v) is 5.86. The van der Waals surface area contributed by atoms with Gasteiger partial charge in [0.25, 0.3) is 0 Å². The first-order valence-corrected chi connectivity index (χ1v) is 9.06. The summed E-state index contributed by atoms with van der Waals surface area (Å²) in [4.78, 5) is 12.2. The lowest BCUT2D eigenvalue weighted by atomic mass is 9.79. The summed E-state index contributed by atoms with van der Waals surface area (Å²) in [5.74, 6) is 1.93. The minimum Gasteiger partial charge on any atom is -0.356 e. The maximum atomic E-state index is 12.2. The quantitative estimate of drug-likeness (QED) is 0.719. The molecule has 3 heteroatoms. The van der Waals surface area contributed by atoms with Gasteiger partial charge in [0.2, 0.25) is 5.91 Å². The highest BCUT2D eigenvalue weighted by Crippen LogP contribution is 2.33. The fraction of sp³-hybridized carbons (Fsp3) is 0.941. The van der Waals surface area contributed by atoms with Crippen LogP contribution >= 0.6 is 11.6 Å². The summed E-state index contributed by atoms with van der Waals surface area (Å²) in [7, 11) is 0. The Hall–Kier alpha value is -0.240. The van der Waals surface area contributed by atoms with Crippen LogP contribution in [-0.2, 0) is 4.79 Å². The molecular formula is C17H30ClNO. The largest absolute Gasteiger partial charge is 0.356 e. The molecule has 20 heavy (non-hydrogen) atoms. The molecule has 2 aliphatic carbocycles. The molecule has 0 aromatic rings. The average molecular weight is 300 g/mol. The molecule has 2 fully saturated rings. The van der Waals surface area contributed by atoms with Crippen LogP contribution in [-0.4, -0.2) is 17.8 Å². The summed E-state index contributed by atoms with van der Waals surface area (Å²) in [6.45, 7) is 3.05. The van der Waals surface area contributed by atoms with E-state index in [1.165, 1.54) is 44.9 Å². The van der Waals surface area contributed by atoms with Gasteiger partial charge in [-0.25, -0.2) is 0 Å². The number of hydrogen-bond acceptors (Lipinski definition) is 1. The lowest BCUT2D eigenvalue weighted by Crippen LogP contribution is -2.37. The van der Waals surface area contributed by atoms with Gasteiger partial charge in [-0.3, -0.25) is 4.79 Å². The highest BCUT2D eigenvalue weighted by molar-refractivity contribution is 6.20. The van der Waals surface area contributed by atoms with Gasteiger partial charge in [0.15, 0.2) is 0 Å². The second kappa shape index (κ2) is 8.26. The van der Waals surface area contributed by atoms with E-state index in [0.717, 1.165) is 31.7 Å². The zero-order valence-corrected chi connectivity index (χ0v) is 13.6. The third kappa shape index (κ3) is 4.65. The molecule has 0 aliphatic heterocycles. The molecule has 0 radical (unpaired) electrons. The number of hydrogen-bond donors (Lipinski definition) is 1. The molecule has 1 N–H and O–H groups in total. The minimum absolute atomic E-state index is 0.267. The minimum atomic E-state index is 0.267. The number of unbranched alkanes of at least 4 members (excludes halogenated alkanes) is 1. The van der Waals surface area contributed by atoms with Gasteiger partial charge < -0.3 is 5.32 Å². The van der Waals surface area contributed by atoms with Crippen LogP contribution in [0.3, 0.4) is 0 Å². The molecule has 0 aromatic heterocycles. The Bertz CT molecular complexity index is 299. The third-order valence-electron chi connectivity index (χ3n) is 5.29. The van der Waals surface area contributed by atoms with Crippen molar-refractivity contribution in [2.24, 2.45) is 17.8 Å². The van der Waals surface area contributed by atoms with E-state index >= 15 is 0 Å². The lowest BCUT2D eigenvalue weighted by molar-refractivity contribution is -0.126. The first-order valence-electron chi connectivity index (χ1n) is 8.62. The van der Waals surface area contributed by atoms with Crippen LogP contribution in [0.2, 0.25) is 0 Å². The Morgan fingerprint density at radius 2 is 1.90 bits per heavy atom. The smallest absolute Gasteiger partial charge is 0.223 e. The van der Waals surface area contributed by atoms with Crippen LogP contribution in [0, 0.1) is 17.8 Å². The number of carbonyl (C=O) groups is 1. The molecule has 0 spiro atoms. The standard InChI is InChI=1S/C17H30ClNO/c1-2-3-5-13-8-10-14(11-9-13)17(20)19-12-15-6-4-7-16(15)18/h13-16H,2-12H2,1H3,(H,19,20). The van der Waals surface area contributed by atoms with Crippen LogP contribution in [0.15, 0.2) is 0 Å². The number of nitrogens with one attached hydrogen (secondary N) is 1. The fourth-order valence-electron chi connectivity index (χ4n) is 3.80. The Balaban J connectivity index is 1.64. The Morgan fingerprint density at radius 3 is 2.50 bits per heavy atom. The van der Waals surface area contributed by atoms with Crippen molar-refractivity contribution in [3.05, 3.63) is 0 Å². The van der Waals surface area contributed by atoms with E-state index in [2.05, 4.69) is 12.2 Å². The van der Waals surface area contributed by atoms with E-state index in [1.807, 2.05) is 0 Å². The van der Waals surface area contributed by atoms with Crippen LogP contribution in [0.1, 0.15) is 71.1 Å². The normalized spacial score (nSPS) is 34.1. The van der Waals surface area contributed by atoms with E-state index < -0.39 is 0 Å². The van der Waals surface area contributed by atoms with Crippen molar-refractivity contribution in [2.45, 2.75) is 76.5 Å². The van der Waals surface area contributed by atoms with Crippen molar-refractivity contribution < 1.29 is 4.79 Å². The zero-order valence-electron chi connectivity index (χ0n) is 12.9. The van der Waals surface area contributed by atoms with Crippen LogP contribution in [0.5, 0.6) is 0 Å². The molecule has 0 bridgehead atoms. The number of carbonyl (C=O) groups excluding carboxylic acids is 1. The van der Waals surface area contributed by atoms with Gasteiger partial charge in [-0.15, -0.1) is 11.6 Å². The molecule has 2 rings (SSSR count). The van der Waals surface area contributed by atoms with Crippen molar-refractivity contribution in [3.8, 4) is 0 Å². The van der Waals surface area contributed by atoms with Gasteiger partial charge in [0.1, 0.15) is 0 Å². The molecule has 116 valence electrons. The van der Waals surface area contributed by atoms with Crippen molar-refractivity contribution >= 4 is 17.5 Å². The van der Waals surface area contributed by atoms with Crippen molar-refractivity contribution in [1.82, 2.24) is 5.32 Å². The SMILES string of the molecule is CCCCC1CCC(C(=O)NCC2CCCC2Cl)CC1. The number of alkyl halides is 1. The van der Waals surface area contributed by atoms with E-state index in [0.29, 0.717) is 5.92 Å². The first-order chi connectivity index (χ1) is 9.70. The van der Waals surface area contributed by atoms with Crippen LogP contribution in [0.25, 0.3) is 0 Å². The van der Waals surface area contributed by atoms with Gasteiger partial charge in [-0.05, 0) is 50.4 Å². The van der Waals surface area contributed by atoms with Crippen LogP contribution < -0.4 is 5.32 Å². The highest BCUT2D eigenvalue weighted by Gasteiger charge is 2.29. The van der Waals surface area contributed by atoms with Crippen molar-refractivity contribution in [3.63, 3.8) is 0 Å².